The summed E-state index contributed by atoms with van der Waals surface area (Å²) in [6, 6.07) is 6.28. The Labute approximate surface area is 128 Å². The van der Waals surface area contributed by atoms with Crippen molar-refractivity contribution in [3.8, 4) is 0 Å². The lowest BCUT2D eigenvalue weighted by atomic mass is 9.98. The molecule has 1 saturated heterocycles. The Kier molecular flexibility index (Phi) is 6.18. The predicted octanol–water partition coefficient (Wildman–Crippen LogP) is 4.47. The number of hydrogen-bond donors (Lipinski definition) is 1. The molecular weight excluding hydrogens is 268 g/mol. The van der Waals surface area contributed by atoms with E-state index < -0.39 is 0 Å². The molecule has 20 heavy (non-hydrogen) atoms. The summed E-state index contributed by atoms with van der Waals surface area (Å²) in [5, 5.41) is 4.32. The van der Waals surface area contributed by atoms with E-state index in [2.05, 4.69) is 36.2 Å². The van der Waals surface area contributed by atoms with Gasteiger partial charge in [-0.25, -0.2) is 0 Å². The van der Waals surface area contributed by atoms with Crippen LogP contribution in [0.4, 0.5) is 5.69 Å². The van der Waals surface area contributed by atoms with Crippen LogP contribution in [-0.4, -0.2) is 19.6 Å². The Morgan fingerprint density at radius 1 is 1.25 bits per heavy atom. The fraction of sp³-hybridized carbons (Fsp3) is 0.647. The van der Waals surface area contributed by atoms with Crippen LogP contribution in [0, 0.1) is 5.92 Å². The third-order valence-corrected chi connectivity index (χ3v) is 4.68. The molecule has 1 aromatic carbocycles. The summed E-state index contributed by atoms with van der Waals surface area (Å²) in [7, 11) is 0. The van der Waals surface area contributed by atoms with Gasteiger partial charge in [0, 0.05) is 19.6 Å². The molecule has 1 unspecified atom stereocenters. The number of halogens is 1. The number of nitrogens with one attached hydrogen (secondary N) is 1. The molecule has 1 N–H and O–H groups in total. The second-order valence-electron chi connectivity index (χ2n) is 5.72. The lowest BCUT2D eigenvalue weighted by Crippen LogP contribution is -2.27. The average Bonchev–Trinajstić information content (AvgIpc) is 2.70. The molecule has 1 fully saturated rings. The van der Waals surface area contributed by atoms with Crippen LogP contribution >= 0.6 is 11.6 Å². The minimum atomic E-state index is 0.889. The third kappa shape index (κ3) is 3.89. The van der Waals surface area contributed by atoms with Gasteiger partial charge in [-0.15, -0.1) is 0 Å². The second kappa shape index (κ2) is 7.90. The van der Waals surface area contributed by atoms with Crippen LogP contribution in [0.15, 0.2) is 18.2 Å². The van der Waals surface area contributed by atoms with Crippen LogP contribution in [0.1, 0.15) is 45.1 Å². The Balaban J connectivity index is 2.17. The van der Waals surface area contributed by atoms with Gasteiger partial charge in [0.1, 0.15) is 0 Å². The highest BCUT2D eigenvalue weighted by Gasteiger charge is 2.19. The Hall–Kier alpha value is -0.730. The molecule has 0 radical (unpaired) electrons. The SMILES string of the molecule is CCNCc1cccc(Cl)c1N1CCCC(CC)CC1. The van der Waals surface area contributed by atoms with Crippen molar-refractivity contribution >= 4 is 17.3 Å². The summed E-state index contributed by atoms with van der Waals surface area (Å²) in [4.78, 5) is 2.50. The first-order valence-corrected chi connectivity index (χ1v) is 8.37. The number of nitrogens with zero attached hydrogens (tertiary/aromatic N) is 1. The standard InChI is InChI=1S/C17H27ClN2/c1-3-14-7-6-11-20(12-10-14)17-15(13-19-4-2)8-5-9-16(17)18/h5,8-9,14,19H,3-4,6-7,10-13H2,1-2H3. The summed E-state index contributed by atoms with van der Waals surface area (Å²) in [6.45, 7) is 8.62. The van der Waals surface area contributed by atoms with Crippen LogP contribution in [0.3, 0.4) is 0 Å². The number of anilines is 1. The number of hydrogen-bond acceptors (Lipinski definition) is 2. The van der Waals surface area contributed by atoms with Crippen molar-refractivity contribution in [1.29, 1.82) is 0 Å². The molecule has 0 spiro atoms. The predicted molar refractivity (Wildman–Crippen MR) is 88.7 cm³/mol. The average molecular weight is 295 g/mol. The van der Waals surface area contributed by atoms with Gasteiger partial charge in [-0.2, -0.15) is 0 Å². The molecule has 0 aromatic heterocycles. The quantitative estimate of drug-likeness (QED) is 0.862. The molecule has 1 heterocycles. The van der Waals surface area contributed by atoms with Crippen molar-refractivity contribution in [2.75, 3.05) is 24.5 Å². The lowest BCUT2D eigenvalue weighted by Gasteiger charge is -2.27. The molecule has 1 aromatic rings. The maximum atomic E-state index is 6.50. The van der Waals surface area contributed by atoms with Crippen molar-refractivity contribution in [2.24, 2.45) is 5.92 Å². The van der Waals surface area contributed by atoms with Crippen LogP contribution in [0.5, 0.6) is 0 Å². The number of para-hydroxylation sites is 1. The first-order valence-electron chi connectivity index (χ1n) is 7.99. The molecule has 1 aliphatic heterocycles. The Morgan fingerprint density at radius 3 is 2.85 bits per heavy atom. The summed E-state index contributed by atoms with van der Waals surface area (Å²) in [6.07, 6.45) is 5.24. The van der Waals surface area contributed by atoms with Crippen molar-refractivity contribution in [3.05, 3.63) is 28.8 Å². The van der Waals surface area contributed by atoms with Crippen LogP contribution in [0.25, 0.3) is 0 Å². The van der Waals surface area contributed by atoms with Crippen LogP contribution in [0.2, 0.25) is 5.02 Å². The molecule has 2 nitrogen and oxygen atoms in total. The molecular formula is C17H27ClN2. The van der Waals surface area contributed by atoms with Crippen molar-refractivity contribution in [3.63, 3.8) is 0 Å². The smallest absolute Gasteiger partial charge is 0.0642 e. The van der Waals surface area contributed by atoms with E-state index in [1.54, 1.807) is 0 Å². The zero-order valence-corrected chi connectivity index (χ0v) is 13.5. The van der Waals surface area contributed by atoms with Gasteiger partial charge in [0.25, 0.3) is 0 Å². The maximum Gasteiger partial charge on any atom is 0.0642 e. The highest BCUT2D eigenvalue weighted by molar-refractivity contribution is 6.33. The Morgan fingerprint density at radius 2 is 2.10 bits per heavy atom. The number of benzene rings is 1. The third-order valence-electron chi connectivity index (χ3n) is 4.38. The van der Waals surface area contributed by atoms with E-state index in [-0.39, 0.29) is 0 Å². The van der Waals surface area contributed by atoms with Crippen molar-refractivity contribution in [1.82, 2.24) is 5.32 Å². The van der Waals surface area contributed by atoms with Crippen molar-refractivity contribution < 1.29 is 0 Å². The first-order chi connectivity index (χ1) is 9.76. The summed E-state index contributed by atoms with van der Waals surface area (Å²) >= 11 is 6.50. The van der Waals surface area contributed by atoms with Crippen LogP contribution < -0.4 is 10.2 Å². The molecule has 1 atom stereocenters. The summed E-state index contributed by atoms with van der Waals surface area (Å²) in [5.74, 6) is 0.889. The van der Waals surface area contributed by atoms with Gasteiger partial charge in [0.2, 0.25) is 0 Å². The van der Waals surface area contributed by atoms with Gasteiger partial charge >= 0.3 is 0 Å². The van der Waals surface area contributed by atoms with Crippen LogP contribution in [-0.2, 0) is 6.54 Å². The van der Waals surface area contributed by atoms with Gasteiger partial charge in [0.15, 0.2) is 0 Å². The van der Waals surface area contributed by atoms with Crippen molar-refractivity contribution in [2.45, 2.75) is 46.1 Å². The second-order valence-corrected chi connectivity index (χ2v) is 6.13. The zero-order valence-electron chi connectivity index (χ0n) is 12.8. The molecule has 3 heteroatoms. The fourth-order valence-corrected chi connectivity index (χ4v) is 3.43. The minimum Gasteiger partial charge on any atom is -0.370 e. The monoisotopic (exact) mass is 294 g/mol. The lowest BCUT2D eigenvalue weighted by molar-refractivity contribution is 0.459. The molecule has 0 aliphatic carbocycles. The highest BCUT2D eigenvalue weighted by atomic mass is 35.5. The van der Waals surface area contributed by atoms with Gasteiger partial charge in [0.05, 0.1) is 10.7 Å². The highest BCUT2D eigenvalue weighted by Crippen LogP contribution is 2.33. The molecule has 0 saturated carbocycles. The van der Waals surface area contributed by atoms with E-state index in [0.717, 1.165) is 37.1 Å². The van der Waals surface area contributed by atoms with E-state index in [9.17, 15) is 0 Å². The molecule has 112 valence electrons. The molecule has 0 amide bonds. The molecule has 1 aliphatic rings. The van der Waals surface area contributed by atoms with Gasteiger partial charge in [-0.3, -0.25) is 0 Å². The number of rotatable bonds is 5. The van der Waals surface area contributed by atoms with E-state index in [1.165, 1.54) is 36.9 Å². The minimum absolute atomic E-state index is 0.889. The van der Waals surface area contributed by atoms with Gasteiger partial charge in [-0.05, 0) is 43.4 Å². The van der Waals surface area contributed by atoms with E-state index in [1.807, 2.05) is 6.07 Å². The fourth-order valence-electron chi connectivity index (χ4n) is 3.11. The summed E-state index contributed by atoms with van der Waals surface area (Å²) in [5.41, 5.74) is 2.58. The Bertz CT molecular complexity index is 419. The summed E-state index contributed by atoms with van der Waals surface area (Å²) < 4.78 is 0. The van der Waals surface area contributed by atoms with E-state index >= 15 is 0 Å². The molecule has 2 rings (SSSR count). The van der Waals surface area contributed by atoms with E-state index in [4.69, 9.17) is 11.6 Å². The first kappa shape index (κ1) is 15.7. The normalized spacial score (nSPS) is 19.9. The van der Waals surface area contributed by atoms with Gasteiger partial charge < -0.3 is 10.2 Å². The van der Waals surface area contributed by atoms with Gasteiger partial charge in [-0.1, -0.05) is 44.0 Å². The zero-order chi connectivity index (χ0) is 14.4. The molecule has 0 bridgehead atoms. The maximum absolute atomic E-state index is 6.50. The topological polar surface area (TPSA) is 15.3 Å². The van der Waals surface area contributed by atoms with E-state index in [0.29, 0.717) is 0 Å². The largest absolute Gasteiger partial charge is 0.370 e.